The smallest absolute Gasteiger partial charge is 0.326 e. The van der Waals surface area contributed by atoms with Gasteiger partial charge in [-0.1, -0.05) is 0 Å². The number of ether oxygens (including phenoxy) is 2. The Kier molecular flexibility index (Phi) is 14.6. The van der Waals surface area contributed by atoms with Gasteiger partial charge in [0.15, 0.2) is 11.2 Å². The maximum atomic E-state index is 12.8. The van der Waals surface area contributed by atoms with Crippen LogP contribution in [-0.4, -0.2) is 86.4 Å². The number of nitrogens with zero attached hydrogens (tertiary/aromatic N) is 3. The first-order valence-corrected chi connectivity index (χ1v) is 16.5. The number of hydrogen-bond acceptors (Lipinski definition) is 11. The number of aliphatic carboxylic acids is 1. The summed E-state index contributed by atoms with van der Waals surface area (Å²) in [6, 6.07) is 5.19. The summed E-state index contributed by atoms with van der Waals surface area (Å²) in [4.78, 5) is 64.5. The van der Waals surface area contributed by atoms with E-state index < -0.39 is 17.9 Å². The summed E-state index contributed by atoms with van der Waals surface area (Å²) in [5, 5.41) is 18.1. The first-order chi connectivity index (χ1) is 23.2. The molecular formula is C34H50N8O7. The fourth-order valence-corrected chi connectivity index (χ4v) is 4.83. The Balaban J connectivity index is 1.37. The molecule has 0 aliphatic rings. The summed E-state index contributed by atoms with van der Waals surface area (Å²) in [6.45, 7) is 12.2. The standard InChI is InChI=1S/C34H50N8O7/c1-22-39-29-28(31(45)40-22)41-25(21-38-29)20-37-24-10-8-23(9-11-24)30(44)42-26(32(46)47)12-13-27(43)36-17-6-14-33(2,3)49-19-15-34(4,5)48-18-7-16-35/h8-11,21,26,37H,6-7,12-20,35H2,1-5H3,(H,36,43)(H,42,44)(H,46,47)(H,38,39,40,45). The molecule has 0 radical (unpaired) electrons. The van der Waals surface area contributed by atoms with Gasteiger partial charge in [0.25, 0.3) is 11.5 Å². The van der Waals surface area contributed by atoms with E-state index in [2.05, 4.69) is 35.9 Å². The number of carbonyl (C=O) groups is 3. The lowest BCUT2D eigenvalue weighted by molar-refractivity contribution is -0.139. The minimum Gasteiger partial charge on any atom is -0.480 e. The van der Waals surface area contributed by atoms with E-state index in [1.165, 1.54) is 6.20 Å². The van der Waals surface area contributed by atoms with Gasteiger partial charge >= 0.3 is 5.97 Å². The number of carbonyl (C=O) groups excluding carboxylic acids is 2. The SMILES string of the molecule is Cc1nc2ncc(CNc3ccc(C(=O)NC(CCC(=O)NCCCC(C)(C)OCCC(C)(C)OCCCN)C(=O)O)cc3)nc2c(=O)[nH]1. The second-order valence-electron chi connectivity index (χ2n) is 13.1. The van der Waals surface area contributed by atoms with Gasteiger partial charge in [-0.25, -0.2) is 19.7 Å². The van der Waals surface area contributed by atoms with Crippen molar-refractivity contribution in [2.75, 3.05) is 31.6 Å². The number of amides is 2. The molecule has 268 valence electrons. The molecule has 2 amide bonds. The zero-order valence-corrected chi connectivity index (χ0v) is 29.1. The van der Waals surface area contributed by atoms with Crippen molar-refractivity contribution in [1.82, 2.24) is 30.6 Å². The fraction of sp³-hybridized carbons (Fsp3) is 0.559. The minimum atomic E-state index is -1.24. The molecular weight excluding hydrogens is 632 g/mol. The van der Waals surface area contributed by atoms with Crippen molar-refractivity contribution in [2.45, 2.75) is 96.9 Å². The quantitative estimate of drug-likeness (QED) is 0.0893. The van der Waals surface area contributed by atoms with Crippen LogP contribution in [0.3, 0.4) is 0 Å². The number of aromatic amines is 1. The van der Waals surface area contributed by atoms with E-state index in [1.54, 1.807) is 31.2 Å². The molecule has 0 spiro atoms. The molecule has 1 atom stereocenters. The van der Waals surface area contributed by atoms with E-state index in [9.17, 15) is 24.3 Å². The molecule has 0 aliphatic heterocycles. The Hall–Kier alpha value is -4.47. The molecule has 0 bridgehead atoms. The average molecular weight is 683 g/mol. The zero-order valence-electron chi connectivity index (χ0n) is 29.1. The number of H-pyrrole nitrogens is 1. The highest BCUT2D eigenvalue weighted by atomic mass is 16.5. The molecule has 15 heteroatoms. The molecule has 2 heterocycles. The molecule has 0 fully saturated rings. The van der Waals surface area contributed by atoms with Crippen LogP contribution in [0.15, 0.2) is 35.3 Å². The van der Waals surface area contributed by atoms with Crippen molar-refractivity contribution < 1.29 is 29.0 Å². The Morgan fingerprint density at radius 1 is 1.00 bits per heavy atom. The van der Waals surface area contributed by atoms with Crippen molar-refractivity contribution in [3.8, 4) is 0 Å². The van der Waals surface area contributed by atoms with Crippen LogP contribution < -0.4 is 27.2 Å². The summed E-state index contributed by atoms with van der Waals surface area (Å²) in [7, 11) is 0. The molecule has 3 rings (SSSR count). The highest BCUT2D eigenvalue weighted by molar-refractivity contribution is 5.97. The lowest BCUT2D eigenvalue weighted by Crippen LogP contribution is -2.41. The molecule has 0 saturated heterocycles. The van der Waals surface area contributed by atoms with Crippen LogP contribution in [0.2, 0.25) is 0 Å². The van der Waals surface area contributed by atoms with Gasteiger partial charge in [0.2, 0.25) is 5.91 Å². The topological polar surface area (TPSA) is 224 Å². The number of rotatable bonds is 21. The maximum absolute atomic E-state index is 12.8. The van der Waals surface area contributed by atoms with Crippen molar-refractivity contribution in [3.63, 3.8) is 0 Å². The number of carboxylic acid groups (broad SMARTS) is 1. The average Bonchev–Trinajstić information content (AvgIpc) is 3.04. The van der Waals surface area contributed by atoms with E-state index >= 15 is 0 Å². The lowest BCUT2D eigenvalue weighted by Gasteiger charge is -2.30. The normalized spacial score (nSPS) is 12.4. The van der Waals surface area contributed by atoms with Gasteiger partial charge < -0.3 is 41.2 Å². The predicted octanol–water partition coefficient (Wildman–Crippen LogP) is 2.82. The van der Waals surface area contributed by atoms with Crippen molar-refractivity contribution in [2.24, 2.45) is 5.73 Å². The maximum Gasteiger partial charge on any atom is 0.326 e. The number of carboxylic acids is 1. The fourth-order valence-electron chi connectivity index (χ4n) is 4.83. The molecule has 1 aromatic carbocycles. The molecule has 2 aromatic heterocycles. The van der Waals surface area contributed by atoms with Gasteiger partial charge in [0, 0.05) is 30.8 Å². The number of aryl methyl sites for hydroxylation is 1. The van der Waals surface area contributed by atoms with Gasteiger partial charge in [-0.15, -0.1) is 0 Å². The number of benzene rings is 1. The Morgan fingerprint density at radius 2 is 1.69 bits per heavy atom. The van der Waals surface area contributed by atoms with Crippen LogP contribution in [0, 0.1) is 6.92 Å². The second kappa shape index (κ2) is 18.3. The summed E-state index contributed by atoms with van der Waals surface area (Å²) in [5.74, 6) is -1.65. The lowest BCUT2D eigenvalue weighted by atomic mass is 10.0. The zero-order chi connectivity index (χ0) is 36.0. The van der Waals surface area contributed by atoms with Gasteiger partial charge in [-0.3, -0.25) is 14.4 Å². The highest BCUT2D eigenvalue weighted by Gasteiger charge is 2.24. The Bertz CT molecular complexity index is 1610. The Labute approximate surface area is 286 Å². The van der Waals surface area contributed by atoms with Crippen LogP contribution in [0.25, 0.3) is 11.2 Å². The number of aromatic nitrogens is 4. The first-order valence-electron chi connectivity index (χ1n) is 16.5. The van der Waals surface area contributed by atoms with E-state index in [0.29, 0.717) is 49.9 Å². The van der Waals surface area contributed by atoms with E-state index in [0.717, 1.165) is 19.3 Å². The van der Waals surface area contributed by atoms with Gasteiger partial charge in [0.05, 0.1) is 36.2 Å². The molecule has 0 aliphatic carbocycles. The van der Waals surface area contributed by atoms with Crippen molar-refractivity contribution >= 4 is 34.6 Å². The summed E-state index contributed by atoms with van der Waals surface area (Å²) >= 11 is 0. The molecule has 3 aromatic rings. The van der Waals surface area contributed by atoms with Gasteiger partial charge in [0.1, 0.15) is 11.9 Å². The largest absolute Gasteiger partial charge is 0.480 e. The van der Waals surface area contributed by atoms with Crippen LogP contribution >= 0.6 is 0 Å². The van der Waals surface area contributed by atoms with Gasteiger partial charge in [-0.05, 0) is 97.5 Å². The number of nitrogens with two attached hydrogens (primary N) is 1. The van der Waals surface area contributed by atoms with Crippen LogP contribution in [0.4, 0.5) is 5.69 Å². The highest BCUT2D eigenvalue weighted by Crippen LogP contribution is 2.21. The van der Waals surface area contributed by atoms with E-state index in [1.807, 2.05) is 27.7 Å². The summed E-state index contributed by atoms with van der Waals surface area (Å²) < 4.78 is 11.9. The number of nitrogens with one attached hydrogen (secondary N) is 4. The van der Waals surface area contributed by atoms with E-state index in [-0.39, 0.29) is 58.8 Å². The number of fused-ring (bicyclic) bond motifs is 1. The minimum absolute atomic E-state index is 0.0571. The van der Waals surface area contributed by atoms with Crippen LogP contribution in [-0.2, 0) is 25.6 Å². The molecule has 7 N–H and O–H groups in total. The molecule has 49 heavy (non-hydrogen) atoms. The van der Waals surface area contributed by atoms with Crippen molar-refractivity contribution in [3.05, 3.63) is 57.9 Å². The summed E-state index contributed by atoms with van der Waals surface area (Å²) in [6.07, 6.45) is 4.38. The third kappa shape index (κ3) is 13.5. The van der Waals surface area contributed by atoms with Gasteiger partial charge in [-0.2, -0.15) is 0 Å². The third-order valence-corrected chi connectivity index (χ3v) is 7.79. The first kappa shape index (κ1) is 39.0. The predicted molar refractivity (Wildman–Crippen MR) is 185 cm³/mol. The monoisotopic (exact) mass is 682 g/mol. The molecule has 15 nitrogen and oxygen atoms in total. The molecule has 1 unspecified atom stereocenters. The third-order valence-electron chi connectivity index (χ3n) is 7.79. The number of anilines is 1. The van der Waals surface area contributed by atoms with E-state index in [4.69, 9.17) is 15.2 Å². The second-order valence-corrected chi connectivity index (χ2v) is 13.1. The van der Waals surface area contributed by atoms with Crippen molar-refractivity contribution in [1.29, 1.82) is 0 Å². The van der Waals surface area contributed by atoms with Crippen LogP contribution in [0.5, 0.6) is 0 Å². The molecule has 0 saturated carbocycles. The summed E-state index contributed by atoms with van der Waals surface area (Å²) in [5.41, 5.74) is 6.33. The number of hydrogen-bond donors (Lipinski definition) is 6. The Morgan fingerprint density at radius 3 is 2.39 bits per heavy atom. The van der Waals surface area contributed by atoms with Crippen LogP contribution in [0.1, 0.15) is 88.1 Å².